The van der Waals surface area contributed by atoms with E-state index < -0.39 is 9.05 Å². The number of aryl methyl sites for hydroxylation is 1. The maximum Gasteiger partial charge on any atom is 0.266 e. The monoisotopic (exact) mass is 262 g/mol. The Morgan fingerprint density at radius 1 is 1.62 bits per heavy atom. The summed E-state index contributed by atoms with van der Waals surface area (Å²) in [5.74, 6) is 0. The third-order valence-corrected chi connectivity index (χ3v) is 2.69. The van der Waals surface area contributed by atoms with Crippen molar-refractivity contribution in [3.63, 3.8) is 0 Å². The Hall–Kier alpha value is -0.890. The summed E-state index contributed by atoms with van der Waals surface area (Å²) in [5, 5.41) is 3.02. The van der Waals surface area contributed by atoms with E-state index >= 15 is 0 Å². The van der Waals surface area contributed by atoms with Gasteiger partial charge in [0.15, 0.2) is 0 Å². The van der Waals surface area contributed by atoms with E-state index in [1.807, 2.05) is 19.1 Å². The Bertz CT molecular complexity index is 460. The smallest absolute Gasteiger partial charge is 0.266 e. The molecular weight excluding hydrogens is 248 g/mol. The van der Waals surface area contributed by atoms with Gasteiger partial charge in [-0.2, -0.15) is 4.21 Å². The molecule has 0 aliphatic rings. The number of rotatable bonds is 5. The number of nitrogens with one attached hydrogen (secondary N) is 1. The maximum atomic E-state index is 10.6. The average Bonchev–Trinajstić information content (AvgIpc) is 2.17. The van der Waals surface area contributed by atoms with Crippen molar-refractivity contribution < 1.29 is 12.9 Å². The van der Waals surface area contributed by atoms with Crippen molar-refractivity contribution in [1.82, 2.24) is 0 Å². The summed E-state index contributed by atoms with van der Waals surface area (Å²) in [6, 6.07) is 5.51. The van der Waals surface area contributed by atoms with Crippen molar-refractivity contribution in [3.8, 4) is 0 Å². The fraction of sp³-hybridized carbons (Fsp3) is 0.333. The molecule has 0 amide bonds. The zero-order valence-corrected chi connectivity index (χ0v) is 10.4. The second kappa shape index (κ2) is 5.44. The average molecular weight is 262 g/mol. The number of anilines is 2. The number of nitrogens with two attached hydrogens (primary N) is 1. The lowest BCUT2D eigenvalue weighted by Crippen LogP contribution is -2.12. The lowest BCUT2D eigenvalue weighted by molar-refractivity contribution is 0.317. The predicted octanol–water partition coefficient (Wildman–Crippen LogP) is 1.14. The number of hydrogen-bond donors (Lipinski definition) is 3. The van der Waals surface area contributed by atoms with Gasteiger partial charge in [0.25, 0.3) is 9.05 Å². The topological polar surface area (TPSA) is 84.6 Å². The number of nitrogen functional groups attached to an aromatic ring is 1. The highest BCUT2D eigenvalue weighted by Crippen LogP contribution is 2.16. The molecule has 1 atom stereocenters. The van der Waals surface area contributed by atoms with E-state index in [-0.39, 0.29) is 6.61 Å². The summed E-state index contributed by atoms with van der Waals surface area (Å²) in [4.78, 5) is 0. The maximum absolute atomic E-state index is 10.6. The van der Waals surface area contributed by atoms with Crippen LogP contribution in [0.15, 0.2) is 18.2 Å². The first kappa shape index (κ1) is 13.2. The zero-order valence-electron chi connectivity index (χ0n) is 8.80. The second-order valence-electron chi connectivity index (χ2n) is 3.25. The van der Waals surface area contributed by atoms with Crippen LogP contribution in [0.1, 0.15) is 5.56 Å². The van der Waals surface area contributed by atoms with Gasteiger partial charge in [0.2, 0.25) is 0 Å². The molecule has 1 aromatic rings. The lowest BCUT2D eigenvalue weighted by Gasteiger charge is -2.08. The summed E-state index contributed by atoms with van der Waals surface area (Å²) in [7, 11) is -3.52. The number of benzene rings is 1. The third kappa shape index (κ3) is 4.75. The fourth-order valence-electron chi connectivity index (χ4n) is 1.13. The zero-order chi connectivity index (χ0) is 12.2. The molecule has 0 saturated carbocycles. The lowest BCUT2D eigenvalue weighted by atomic mass is 10.2. The summed E-state index contributed by atoms with van der Waals surface area (Å²) in [5.41, 5.74) is 8.24. The molecule has 0 aromatic heterocycles. The molecule has 0 radical (unpaired) electrons. The first-order valence-electron chi connectivity index (χ1n) is 4.60. The molecule has 1 rings (SSSR count). The molecule has 0 spiro atoms. The van der Waals surface area contributed by atoms with Gasteiger partial charge >= 0.3 is 0 Å². The molecule has 7 heteroatoms. The molecule has 90 valence electrons. The van der Waals surface area contributed by atoms with Crippen LogP contribution in [-0.2, 0) is 24.4 Å². The molecule has 0 saturated heterocycles. The Kier molecular flexibility index (Phi) is 4.48. The largest absolute Gasteiger partial charge is 0.399 e. The van der Waals surface area contributed by atoms with Gasteiger partial charge in [0.1, 0.15) is 0 Å². The van der Waals surface area contributed by atoms with Crippen LogP contribution in [0.4, 0.5) is 11.4 Å². The van der Waals surface area contributed by atoms with Gasteiger partial charge in [-0.3, -0.25) is 8.74 Å². The van der Waals surface area contributed by atoms with Crippen molar-refractivity contribution in [2.45, 2.75) is 6.92 Å². The molecule has 16 heavy (non-hydrogen) atoms. The first-order valence-corrected chi connectivity index (χ1v) is 6.97. The first-order chi connectivity index (χ1) is 7.38. The Balaban J connectivity index is 2.41. The highest BCUT2D eigenvalue weighted by molar-refractivity contribution is 8.27. The van der Waals surface area contributed by atoms with Crippen molar-refractivity contribution in [1.29, 1.82) is 0 Å². The fourth-order valence-corrected chi connectivity index (χ4v) is 1.63. The van der Waals surface area contributed by atoms with E-state index in [0.29, 0.717) is 6.54 Å². The molecule has 0 aliphatic carbocycles. The normalized spacial score (nSPS) is 14.4. The quantitative estimate of drug-likeness (QED) is 0.545. The molecule has 1 aromatic carbocycles. The minimum Gasteiger partial charge on any atom is -0.399 e. The molecule has 1 unspecified atom stereocenters. The van der Waals surface area contributed by atoms with E-state index in [9.17, 15) is 4.21 Å². The standard InChI is InChI=1S/C9H14N2O3S2/c1-7-6-8(2-3-9(7)10)11-4-5-14-16(12,13)15/h2-3,6,11H,4-5,10H2,1H3,(H,12,13,15). The van der Waals surface area contributed by atoms with E-state index in [0.717, 1.165) is 16.9 Å². The summed E-state index contributed by atoms with van der Waals surface area (Å²) >= 11 is 4.17. The second-order valence-corrected chi connectivity index (χ2v) is 5.60. The van der Waals surface area contributed by atoms with Crippen molar-refractivity contribution in [3.05, 3.63) is 23.8 Å². The molecule has 4 N–H and O–H groups in total. The van der Waals surface area contributed by atoms with Gasteiger partial charge < -0.3 is 11.1 Å². The molecule has 0 heterocycles. The van der Waals surface area contributed by atoms with Gasteiger partial charge in [-0.05, 0) is 30.7 Å². The molecular formula is C9H14N2O3S2. The highest BCUT2D eigenvalue weighted by Gasteiger charge is 1.99. The Morgan fingerprint density at radius 2 is 2.31 bits per heavy atom. The third-order valence-electron chi connectivity index (χ3n) is 1.93. The van der Waals surface area contributed by atoms with Crippen LogP contribution in [0.2, 0.25) is 0 Å². The number of hydrogen-bond acceptors (Lipinski definition) is 5. The van der Waals surface area contributed by atoms with Gasteiger partial charge in [-0.1, -0.05) is 0 Å². The molecule has 0 fully saturated rings. The van der Waals surface area contributed by atoms with Gasteiger partial charge in [0, 0.05) is 29.1 Å². The predicted molar refractivity (Wildman–Crippen MR) is 68.2 cm³/mol. The van der Waals surface area contributed by atoms with E-state index in [4.69, 9.17) is 10.3 Å². The van der Waals surface area contributed by atoms with Gasteiger partial charge in [0.05, 0.1) is 6.61 Å². The van der Waals surface area contributed by atoms with Crippen LogP contribution in [0.3, 0.4) is 0 Å². The highest BCUT2D eigenvalue weighted by atomic mass is 32.9. The van der Waals surface area contributed by atoms with Crippen LogP contribution in [0, 0.1) is 6.92 Å². The summed E-state index contributed by atoms with van der Waals surface area (Å²) in [6.07, 6.45) is 0. The van der Waals surface area contributed by atoms with Gasteiger partial charge in [-0.25, -0.2) is 0 Å². The SMILES string of the molecule is Cc1cc(NCCOS(=O)(O)=S)ccc1N. The summed E-state index contributed by atoms with van der Waals surface area (Å²) < 4.78 is 23.8. The molecule has 5 nitrogen and oxygen atoms in total. The van der Waals surface area contributed by atoms with E-state index in [2.05, 4.69) is 20.7 Å². The van der Waals surface area contributed by atoms with E-state index in [1.165, 1.54) is 0 Å². The van der Waals surface area contributed by atoms with Crippen LogP contribution in [0.5, 0.6) is 0 Å². The Morgan fingerprint density at radius 3 is 2.88 bits per heavy atom. The van der Waals surface area contributed by atoms with Crippen LogP contribution in [0.25, 0.3) is 0 Å². The van der Waals surface area contributed by atoms with Crippen LogP contribution >= 0.6 is 0 Å². The minimum atomic E-state index is -3.52. The van der Waals surface area contributed by atoms with Crippen molar-refractivity contribution >= 4 is 31.6 Å². The van der Waals surface area contributed by atoms with Crippen LogP contribution in [-0.4, -0.2) is 21.9 Å². The van der Waals surface area contributed by atoms with Crippen molar-refractivity contribution in [2.24, 2.45) is 0 Å². The van der Waals surface area contributed by atoms with Crippen LogP contribution < -0.4 is 11.1 Å². The summed E-state index contributed by atoms with van der Waals surface area (Å²) in [6.45, 7) is 2.38. The molecule has 0 aliphatic heterocycles. The minimum absolute atomic E-state index is 0.0717. The molecule has 0 bridgehead atoms. The van der Waals surface area contributed by atoms with Crippen molar-refractivity contribution in [2.75, 3.05) is 24.2 Å². The van der Waals surface area contributed by atoms with Gasteiger partial charge in [-0.15, -0.1) is 0 Å². The van der Waals surface area contributed by atoms with E-state index in [1.54, 1.807) is 6.07 Å². The Labute approximate surface area is 99.7 Å².